The van der Waals surface area contributed by atoms with Crippen molar-refractivity contribution in [1.29, 1.82) is 0 Å². The monoisotopic (exact) mass is 579 g/mol. The number of carboxylic acids is 1. The van der Waals surface area contributed by atoms with Gasteiger partial charge in [-0.3, -0.25) is 19.5 Å². The number of nitrogens with zero attached hydrogens (tertiary/aromatic N) is 2. The summed E-state index contributed by atoms with van der Waals surface area (Å²) in [6.45, 7) is -0.0538. The minimum atomic E-state index is -4.81. The zero-order chi connectivity index (χ0) is 29.9. The molecule has 3 atom stereocenters. The Labute approximate surface area is 229 Å². The van der Waals surface area contributed by atoms with Crippen LogP contribution < -0.4 is 26.4 Å². The Hall–Kier alpha value is -4.89. The van der Waals surface area contributed by atoms with E-state index in [4.69, 9.17) is 10.5 Å². The standard InChI is InChI=1S/C25H25F4N7O5/c1-41-15-3-11(2-13(6-15)25(27,28)29)16(7-20(37)38)21(22(30)39)35-23(40)12-4-18(17-10-33-36-19(17)5-12)34-24-31-8-14(26)9-32-24/h2-6,10,14,16,21H,7-9H2,1H3,(H2,30,39)(H,33,36)(H,35,40)(H,37,38)(H2,31,32,34)/t16-,21?/m0/s1. The van der Waals surface area contributed by atoms with E-state index in [0.717, 1.165) is 13.2 Å². The molecule has 218 valence electrons. The van der Waals surface area contributed by atoms with Crippen LogP contribution in [0.25, 0.3) is 10.9 Å². The number of aliphatic imine (C=N–C) groups is 1. The van der Waals surface area contributed by atoms with Gasteiger partial charge in [-0.1, -0.05) is 0 Å². The lowest BCUT2D eigenvalue weighted by Crippen LogP contribution is -2.48. The van der Waals surface area contributed by atoms with E-state index in [0.29, 0.717) is 28.7 Å². The Morgan fingerprint density at radius 2 is 1.98 bits per heavy atom. The number of H-pyrrole nitrogens is 1. The van der Waals surface area contributed by atoms with Gasteiger partial charge in [-0.25, -0.2) is 9.38 Å². The third-order valence-electron chi connectivity index (χ3n) is 6.32. The zero-order valence-electron chi connectivity index (χ0n) is 21.4. The summed E-state index contributed by atoms with van der Waals surface area (Å²) in [5.41, 5.74) is 4.84. The Kier molecular flexibility index (Phi) is 8.30. The van der Waals surface area contributed by atoms with Crippen LogP contribution >= 0.6 is 0 Å². The van der Waals surface area contributed by atoms with E-state index in [1.807, 2.05) is 0 Å². The number of nitrogens with two attached hydrogens (primary N) is 1. The topological polar surface area (TPSA) is 184 Å². The summed E-state index contributed by atoms with van der Waals surface area (Å²) in [4.78, 5) is 41.6. The molecule has 2 amide bonds. The normalized spacial score (nSPS) is 16.7. The van der Waals surface area contributed by atoms with Crippen molar-refractivity contribution in [3.63, 3.8) is 0 Å². The number of nitrogens with one attached hydrogen (secondary N) is 4. The Balaban J connectivity index is 1.69. The lowest BCUT2D eigenvalue weighted by molar-refractivity contribution is -0.138. The lowest BCUT2D eigenvalue weighted by atomic mass is 9.86. The van der Waals surface area contributed by atoms with Gasteiger partial charge in [0, 0.05) is 16.9 Å². The molecule has 2 unspecified atom stereocenters. The van der Waals surface area contributed by atoms with E-state index in [2.05, 4.69) is 31.1 Å². The number of fused-ring (bicyclic) bond motifs is 1. The Morgan fingerprint density at radius 1 is 1.22 bits per heavy atom. The highest BCUT2D eigenvalue weighted by atomic mass is 19.4. The highest BCUT2D eigenvalue weighted by molar-refractivity contribution is 6.07. The number of carbonyl (C=O) groups is 3. The van der Waals surface area contributed by atoms with Crippen molar-refractivity contribution in [2.45, 2.75) is 30.7 Å². The second-order valence-corrected chi connectivity index (χ2v) is 9.20. The number of aromatic amines is 1. The lowest BCUT2D eigenvalue weighted by Gasteiger charge is -2.26. The number of rotatable bonds is 9. The number of guanidine groups is 1. The fourth-order valence-corrected chi connectivity index (χ4v) is 4.34. The molecule has 16 heteroatoms. The Bertz CT molecular complexity index is 1510. The summed E-state index contributed by atoms with van der Waals surface area (Å²) in [5.74, 6) is -5.00. The van der Waals surface area contributed by atoms with Gasteiger partial charge in [0.05, 0.1) is 49.6 Å². The van der Waals surface area contributed by atoms with Gasteiger partial charge in [-0.15, -0.1) is 0 Å². The maximum Gasteiger partial charge on any atom is 0.416 e. The minimum absolute atomic E-state index is 0.0200. The van der Waals surface area contributed by atoms with Crippen molar-refractivity contribution in [2.24, 2.45) is 10.7 Å². The van der Waals surface area contributed by atoms with Gasteiger partial charge in [0.1, 0.15) is 18.0 Å². The van der Waals surface area contributed by atoms with E-state index in [-0.39, 0.29) is 35.9 Å². The van der Waals surface area contributed by atoms with E-state index in [1.165, 1.54) is 18.3 Å². The minimum Gasteiger partial charge on any atom is -0.497 e. The number of aliphatic carboxylic acids is 1. The predicted molar refractivity (Wildman–Crippen MR) is 138 cm³/mol. The van der Waals surface area contributed by atoms with Crippen LogP contribution in [0.1, 0.15) is 33.8 Å². The molecule has 0 saturated heterocycles. The number of aromatic nitrogens is 2. The molecule has 4 rings (SSSR count). The van der Waals surface area contributed by atoms with Crippen LogP contribution in [0.2, 0.25) is 0 Å². The summed E-state index contributed by atoms with van der Waals surface area (Å²) in [5, 5.41) is 24.8. The van der Waals surface area contributed by atoms with Crippen molar-refractivity contribution < 1.29 is 41.8 Å². The molecular formula is C25H25F4N7O5. The van der Waals surface area contributed by atoms with Crippen molar-refractivity contribution >= 4 is 40.3 Å². The zero-order valence-corrected chi connectivity index (χ0v) is 21.4. The number of amides is 2. The van der Waals surface area contributed by atoms with Crippen LogP contribution in [0, 0.1) is 0 Å². The SMILES string of the molecule is COc1cc([C@H](CC(=O)O)C(NC(=O)c2cc(NC3=NCC(F)CN3)c3cn[nH]c3c2)C(N)=O)cc(C(F)(F)F)c1. The van der Waals surface area contributed by atoms with Crippen molar-refractivity contribution in [1.82, 2.24) is 20.8 Å². The summed E-state index contributed by atoms with van der Waals surface area (Å²) < 4.78 is 59.0. The average Bonchev–Trinajstić information content (AvgIpc) is 3.40. The number of ether oxygens (including phenoxy) is 1. The molecule has 3 aromatic rings. The average molecular weight is 580 g/mol. The van der Waals surface area contributed by atoms with Crippen molar-refractivity contribution in [3.8, 4) is 5.75 Å². The molecular weight excluding hydrogens is 554 g/mol. The second-order valence-electron chi connectivity index (χ2n) is 9.20. The number of hydrogen-bond donors (Lipinski definition) is 6. The number of benzene rings is 2. The number of carboxylic acid groups (broad SMARTS) is 1. The molecule has 0 fully saturated rings. The van der Waals surface area contributed by atoms with E-state index in [1.54, 1.807) is 0 Å². The summed E-state index contributed by atoms with van der Waals surface area (Å²) in [6, 6.07) is 3.59. The molecule has 0 spiro atoms. The fraction of sp³-hybridized carbons (Fsp3) is 0.320. The molecule has 7 N–H and O–H groups in total. The van der Waals surface area contributed by atoms with E-state index < -0.39 is 54.1 Å². The number of anilines is 1. The summed E-state index contributed by atoms with van der Waals surface area (Å²) in [7, 11) is 1.13. The number of methoxy groups -OCH3 is 1. The summed E-state index contributed by atoms with van der Waals surface area (Å²) in [6.07, 6.45) is -5.34. The molecule has 2 heterocycles. The van der Waals surface area contributed by atoms with Gasteiger partial charge in [0.2, 0.25) is 5.91 Å². The molecule has 41 heavy (non-hydrogen) atoms. The van der Waals surface area contributed by atoms with E-state index >= 15 is 0 Å². The van der Waals surface area contributed by atoms with Gasteiger partial charge in [-0.2, -0.15) is 18.3 Å². The van der Waals surface area contributed by atoms with Gasteiger partial charge in [0.15, 0.2) is 5.96 Å². The maximum atomic E-state index is 13.5. The summed E-state index contributed by atoms with van der Waals surface area (Å²) >= 11 is 0. The first-order chi connectivity index (χ1) is 19.3. The molecule has 0 radical (unpaired) electrons. The quantitative estimate of drug-likeness (QED) is 0.208. The molecule has 0 aliphatic carbocycles. The number of primary amides is 1. The number of carbonyl (C=O) groups excluding carboxylic acids is 2. The Morgan fingerprint density at radius 3 is 2.59 bits per heavy atom. The maximum absolute atomic E-state index is 13.5. The number of alkyl halides is 4. The second kappa shape index (κ2) is 11.7. The first-order valence-corrected chi connectivity index (χ1v) is 12.1. The smallest absolute Gasteiger partial charge is 0.416 e. The largest absolute Gasteiger partial charge is 0.497 e. The molecule has 0 saturated carbocycles. The first kappa shape index (κ1) is 29.1. The highest BCUT2D eigenvalue weighted by Crippen LogP contribution is 2.36. The molecule has 1 aliphatic rings. The van der Waals surface area contributed by atoms with Gasteiger partial charge in [-0.05, 0) is 35.9 Å². The molecule has 0 bridgehead atoms. The predicted octanol–water partition coefficient (Wildman–Crippen LogP) is 2.14. The van der Waals surface area contributed by atoms with E-state index in [9.17, 15) is 37.1 Å². The van der Waals surface area contributed by atoms with Gasteiger partial charge in [0.25, 0.3) is 5.91 Å². The molecule has 1 aromatic heterocycles. The van der Waals surface area contributed by atoms with Crippen LogP contribution in [-0.4, -0.2) is 71.5 Å². The first-order valence-electron chi connectivity index (χ1n) is 12.1. The van der Waals surface area contributed by atoms with Crippen LogP contribution in [0.3, 0.4) is 0 Å². The molecule has 2 aromatic carbocycles. The fourth-order valence-electron chi connectivity index (χ4n) is 4.34. The van der Waals surface area contributed by atoms with Crippen molar-refractivity contribution in [2.75, 3.05) is 25.5 Å². The molecule has 12 nitrogen and oxygen atoms in total. The third-order valence-corrected chi connectivity index (χ3v) is 6.32. The number of hydrogen-bond acceptors (Lipinski definition) is 8. The van der Waals surface area contributed by atoms with Crippen LogP contribution in [0.15, 0.2) is 41.5 Å². The van der Waals surface area contributed by atoms with Crippen molar-refractivity contribution in [3.05, 3.63) is 53.2 Å². The van der Waals surface area contributed by atoms with Crippen LogP contribution in [0.4, 0.5) is 23.2 Å². The van der Waals surface area contributed by atoms with Crippen LogP contribution in [0.5, 0.6) is 5.75 Å². The molecule has 1 aliphatic heterocycles. The number of halogens is 4. The van der Waals surface area contributed by atoms with Crippen LogP contribution in [-0.2, 0) is 15.8 Å². The third kappa shape index (κ3) is 6.82. The van der Waals surface area contributed by atoms with Gasteiger partial charge < -0.3 is 31.5 Å². The highest BCUT2D eigenvalue weighted by Gasteiger charge is 2.36. The van der Waals surface area contributed by atoms with Gasteiger partial charge >= 0.3 is 12.1 Å².